The average molecular weight is 466 g/mol. The molecule has 33 heavy (non-hydrogen) atoms. The summed E-state index contributed by atoms with van der Waals surface area (Å²) in [6.45, 7) is 0.651. The van der Waals surface area contributed by atoms with E-state index < -0.39 is 0 Å². The number of nitrogens with one attached hydrogen (secondary N) is 2. The van der Waals surface area contributed by atoms with E-state index in [0.29, 0.717) is 41.2 Å². The van der Waals surface area contributed by atoms with Gasteiger partial charge in [0.05, 0.1) is 18.3 Å². The molecule has 0 amide bonds. The molecule has 0 spiro atoms. The lowest BCUT2D eigenvalue weighted by Crippen LogP contribution is -2.59. The minimum absolute atomic E-state index is 0.0914. The molecule has 2 atom stereocenters. The fourth-order valence-electron chi connectivity index (χ4n) is 6.50. The average Bonchev–Trinajstić information content (AvgIpc) is 3.31. The van der Waals surface area contributed by atoms with Crippen LogP contribution >= 0.6 is 11.6 Å². The van der Waals surface area contributed by atoms with Gasteiger partial charge >= 0.3 is 0 Å². The molecule has 172 valence electrons. The van der Waals surface area contributed by atoms with Crippen molar-refractivity contribution in [1.82, 2.24) is 24.7 Å². The standard InChI is InChI=1S/C24H28ClN7O/c1-33-24-8-16-5-17(9-24)21(18(6-16)10-24)30-22-20(25)11-27-23(31-22)29-19-4-2-3-15(7-19)12-32-14-26-13-28-32/h2-4,7,11,13-14,16-18,21H,5-6,8-10,12H2,1H3,(H2,27,29,30,31)/t16?,17?,18?,21-,24-. The summed E-state index contributed by atoms with van der Waals surface area (Å²) in [6.07, 6.45) is 10.9. The maximum Gasteiger partial charge on any atom is 0.229 e. The molecule has 4 fully saturated rings. The number of anilines is 3. The van der Waals surface area contributed by atoms with E-state index in [0.717, 1.165) is 30.0 Å². The van der Waals surface area contributed by atoms with E-state index in [2.05, 4.69) is 37.8 Å². The van der Waals surface area contributed by atoms with Crippen LogP contribution in [0.4, 0.5) is 17.5 Å². The molecular formula is C24H28ClN7O. The van der Waals surface area contributed by atoms with Crippen LogP contribution in [-0.4, -0.2) is 43.5 Å². The normalized spacial score (nSPS) is 29.9. The van der Waals surface area contributed by atoms with Crippen LogP contribution < -0.4 is 10.6 Å². The van der Waals surface area contributed by atoms with Gasteiger partial charge in [-0.3, -0.25) is 0 Å². The van der Waals surface area contributed by atoms with Crippen molar-refractivity contribution >= 4 is 29.1 Å². The maximum absolute atomic E-state index is 6.52. The fraction of sp³-hybridized carbons (Fsp3) is 0.500. The topological polar surface area (TPSA) is 89.8 Å². The van der Waals surface area contributed by atoms with E-state index in [1.54, 1.807) is 17.2 Å². The van der Waals surface area contributed by atoms with Crippen molar-refractivity contribution in [3.63, 3.8) is 0 Å². The second-order valence-electron chi connectivity index (χ2n) is 9.84. The van der Waals surface area contributed by atoms with E-state index in [1.165, 1.54) is 25.6 Å². The van der Waals surface area contributed by atoms with Gasteiger partial charge in [0.2, 0.25) is 5.95 Å². The zero-order valence-corrected chi connectivity index (χ0v) is 19.4. The van der Waals surface area contributed by atoms with Crippen molar-refractivity contribution in [2.45, 2.75) is 50.3 Å². The van der Waals surface area contributed by atoms with Crippen molar-refractivity contribution in [3.05, 3.63) is 53.7 Å². The number of aromatic nitrogens is 5. The minimum Gasteiger partial charge on any atom is -0.378 e. The van der Waals surface area contributed by atoms with Gasteiger partial charge in [-0.25, -0.2) is 14.6 Å². The summed E-state index contributed by atoms with van der Waals surface area (Å²) in [5.74, 6) is 3.23. The van der Waals surface area contributed by atoms with Crippen LogP contribution in [0.1, 0.15) is 37.7 Å². The number of rotatable bonds is 7. The lowest BCUT2D eigenvalue weighted by molar-refractivity contribution is -0.149. The van der Waals surface area contributed by atoms with Gasteiger partial charge in [-0.15, -0.1) is 0 Å². The second-order valence-corrected chi connectivity index (χ2v) is 10.2. The van der Waals surface area contributed by atoms with Crippen LogP contribution in [0, 0.1) is 17.8 Å². The highest BCUT2D eigenvalue weighted by atomic mass is 35.5. The Bertz CT molecular complexity index is 1120. The van der Waals surface area contributed by atoms with E-state index in [9.17, 15) is 0 Å². The maximum atomic E-state index is 6.52. The Morgan fingerprint density at radius 3 is 2.82 bits per heavy atom. The molecule has 4 aliphatic carbocycles. The van der Waals surface area contributed by atoms with Gasteiger partial charge in [0.15, 0.2) is 5.82 Å². The summed E-state index contributed by atoms with van der Waals surface area (Å²) in [5.41, 5.74) is 2.12. The van der Waals surface area contributed by atoms with Crippen LogP contribution in [0.15, 0.2) is 43.1 Å². The zero-order valence-electron chi connectivity index (χ0n) is 18.6. The summed E-state index contributed by atoms with van der Waals surface area (Å²) >= 11 is 6.52. The molecule has 0 radical (unpaired) electrons. The molecule has 1 aromatic carbocycles. The Morgan fingerprint density at radius 1 is 1.21 bits per heavy atom. The van der Waals surface area contributed by atoms with Crippen LogP contribution in [-0.2, 0) is 11.3 Å². The first-order valence-corrected chi connectivity index (χ1v) is 12.0. The van der Waals surface area contributed by atoms with Gasteiger partial charge in [0, 0.05) is 18.8 Å². The van der Waals surface area contributed by atoms with Gasteiger partial charge in [-0.1, -0.05) is 23.7 Å². The van der Waals surface area contributed by atoms with Crippen LogP contribution in [0.2, 0.25) is 5.02 Å². The molecule has 0 saturated heterocycles. The summed E-state index contributed by atoms with van der Waals surface area (Å²) in [5, 5.41) is 11.8. The molecular weight excluding hydrogens is 438 g/mol. The van der Waals surface area contributed by atoms with Crippen molar-refractivity contribution in [3.8, 4) is 0 Å². The molecule has 2 N–H and O–H groups in total. The van der Waals surface area contributed by atoms with Crippen molar-refractivity contribution in [2.75, 3.05) is 17.7 Å². The van der Waals surface area contributed by atoms with Gasteiger partial charge in [0.1, 0.15) is 17.7 Å². The SMILES string of the molecule is CO[C@]12CC3CC(C1)[C@@H](Nc1nc(Nc4cccc(Cn5cncn5)c4)ncc1Cl)C(C3)C2. The Balaban J connectivity index is 1.18. The smallest absolute Gasteiger partial charge is 0.229 e. The number of hydrogen-bond donors (Lipinski definition) is 2. The molecule has 4 aliphatic rings. The number of nitrogens with zero attached hydrogens (tertiary/aromatic N) is 5. The highest BCUT2D eigenvalue weighted by Crippen LogP contribution is 2.57. The van der Waals surface area contributed by atoms with E-state index >= 15 is 0 Å². The largest absolute Gasteiger partial charge is 0.378 e. The lowest BCUT2D eigenvalue weighted by atomic mass is 9.52. The first-order chi connectivity index (χ1) is 16.1. The second kappa shape index (κ2) is 8.25. The summed E-state index contributed by atoms with van der Waals surface area (Å²) in [6, 6.07) is 8.51. The number of methoxy groups -OCH3 is 1. The van der Waals surface area contributed by atoms with Crippen LogP contribution in [0.3, 0.4) is 0 Å². The lowest BCUT2D eigenvalue weighted by Gasteiger charge is -2.59. The number of hydrogen-bond acceptors (Lipinski definition) is 7. The summed E-state index contributed by atoms with van der Waals surface area (Å²) in [7, 11) is 1.88. The van der Waals surface area contributed by atoms with E-state index in [4.69, 9.17) is 21.3 Å². The Labute approximate surface area is 198 Å². The monoisotopic (exact) mass is 465 g/mol. The van der Waals surface area contributed by atoms with Crippen molar-refractivity contribution in [1.29, 1.82) is 0 Å². The third kappa shape index (κ3) is 4.06. The van der Waals surface area contributed by atoms with Gasteiger partial charge < -0.3 is 15.4 Å². The predicted octanol–water partition coefficient (Wildman–Crippen LogP) is 4.52. The highest BCUT2D eigenvalue weighted by molar-refractivity contribution is 6.32. The molecule has 2 heterocycles. The molecule has 2 unspecified atom stereocenters. The minimum atomic E-state index is 0.0914. The van der Waals surface area contributed by atoms with Gasteiger partial charge in [-0.2, -0.15) is 10.1 Å². The Hall–Kier alpha value is -2.71. The first kappa shape index (κ1) is 20.9. The summed E-state index contributed by atoms with van der Waals surface area (Å²) in [4.78, 5) is 13.1. The Kier molecular flexibility index (Phi) is 5.22. The predicted molar refractivity (Wildman–Crippen MR) is 127 cm³/mol. The molecule has 9 heteroatoms. The first-order valence-electron chi connectivity index (χ1n) is 11.6. The van der Waals surface area contributed by atoms with Crippen LogP contribution in [0.5, 0.6) is 0 Å². The number of halogens is 1. The van der Waals surface area contributed by atoms with Crippen molar-refractivity contribution < 1.29 is 4.74 Å². The fourth-order valence-corrected chi connectivity index (χ4v) is 6.65. The molecule has 7 rings (SSSR count). The van der Waals surface area contributed by atoms with Crippen molar-refractivity contribution in [2.24, 2.45) is 17.8 Å². The third-order valence-corrected chi connectivity index (χ3v) is 7.97. The quantitative estimate of drug-likeness (QED) is 0.530. The molecule has 4 saturated carbocycles. The zero-order chi connectivity index (χ0) is 22.4. The number of benzene rings is 1. The molecule has 0 aliphatic heterocycles. The highest BCUT2D eigenvalue weighted by Gasteiger charge is 2.55. The molecule has 3 aromatic rings. The van der Waals surface area contributed by atoms with Crippen LogP contribution in [0.25, 0.3) is 0 Å². The molecule has 8 nitrogen and oxygen atoms in total. The summed E-state index contributed by atoms with van der Waals surface area (Å²) < 4.78 is 7.79. The van der Waals surface area contributed by atoms with Gasteiger partial charge in [0.25, 0.3) is 0 Å². The Morgan fingerprint density at radius 2 is 2.06 bits per heavy atom. The third-order valence-electron chi connectivity index (χ3n) is 7.69. The number of ether oxygens (including phenoxy) is 1. The van der Waals surface area contributed by atoms with E-state index in [-0.39, 0.29) is 5.60 Å². The molecule has 2 aromatic heterocycles. The molecule has 4 bridgehead atoms. The van der Waals surface area contributed by atoms with Gasteiger partial charge in [-0.05, 0) is 67.6 Å². The van der Waals surface area contributed by atoms with E-state index in [1.807, 2.05) is 19.2 Å².